The van der Waals surface area contributed by atoms with E-state index in [0.29, 0.717) is 47.5 Å². The van der Waals surface area contributed by atoms with Crippen LogP contribution < -0.4 is 9.64 Å². The number of carbonyl (C=O) groups excluding carboxylic acids is 1. The Kier molecular flexibility index (Phi) is 5.12. The third-order valence-electron chi connectivity index (χ3n) is 3.83. The van der Waals surface area contributed by atoms with E-state index < -0.39 is 0 Å². The summed E-state index contributed by atoms with van der Waals surface area (Å²) >= 11 is 13.9. The summed E-state index contributed by atoms with van der Waals surface area (Å²) in [6.45, 7) is 4.46. The van der Waals surface area contributed by atoms with E-state index in [4.69, 9.17) is 27.9 Å². The SMILES string of the molecule is COc1c(Cl)ccc(Cl)c1C(=O)N1CCN(c2nnc(C)s2)CC1. The molecule has 1 aliphatic rings. The number of halogens is 2. The van der Waals surface area contributed by atoms with Crippen LogP contribution in [0, 0.1) is 6.92 Å². The summed E-state index contributed by atoms with van der Waals surface area (Å²) in [5.41, 5.74) is 0.312. The third kappa shape index (κ3) is 3.29. The van der Waals surface area contributed by atoms with Crippen molar-refractivity contribution in [3.63, 3.8) is 0 Å². The van der Waals surface area contributed by atoms with Crippen molar-refractivity contribution in [2.75, 3.05) is 38.2 Å². The predicted octanol–water partition coefficient (Wildman–Crippen LogP) is 3.12. The van der Waals surface area contributed by atoms with Gasteiger partial charge in [-0.1, -0.05) is 34.5 Å². The van der Waals surface area contributed by atoms with Gasteiger partial charge in [0.2, 0.25) is 5.13 Å². The molecule has 9 heteroatoms. The largest absolute Gasteiger partial charge is 0.494 e. The van der Waals surface area contributed by atoms with Crippen molar-refractivity contribution in [1.29, 1.82) is 0 Å². The lowest BCUT2D eigenvalue weighted by atomic mass is 10.1. The van der Waals surface area contributed by atoms with Gasteiger partial charge in [0.1, 0.15) is 10.6 Å². The van der Waals surface area contributed by atoms with Gasteiger partial charge < -0.3 is 14.5 Å². The third-order valence-corrected chi connectivity index (χ3v) is 5.34. The number of hydrogen-bond donors (Lipinski definition) is 0. The molecular weight excluding hydrogens is 371 g/mol. The molecule has 24 heavy (non-hydrogen) atoms. The number of carbonyl (C=O) groups is 1. The number of anilines is 1. The van der Waals surface area contributed by atoms with Gasteiger partial charge in [-0.15, -0.1) is 10.2 Å². The number of nitrogens with zero attached hydrogens (tertiary/aromatic N) is 4. The normalized spacial score (nSPS) is 14.8. The number of benzene rings is 1. The van der Waals surface area contributed by atoms with E-state index in [1.54, 1.807) is 28.4 Å². The van der Waals surface area contributed by atoms with Crippen molar-refractivity contribution in [1.82, 2.24) is 15.1 Å². The molecule has 0 bridgehead atoms. The fraction of sp³-hybridized carbons (Fsp3) is 0.400. The van der Waals surface area contributed by atoms with Crippen LogP contribution in [-0.2, 0) is 0 Å². The fourth-order valence-electron chi connectivity index (χ4n) is 2.60. The van der Waals surface area contributed by atoms with E-state index in [-0.39, 0.29) is 5.91 Å². The molecule has 0 aliphatic carbocycles. The zero-order valence-corrected chi connectivity index (χ0v) is 15.6. The van der Waals surface area contributed by atoms with Crippen LogP contribution in [0.4, 0.5) is 5.13 Å². The standard InChI is InChI=1S/C15H16Cl2N4O2S/c1-9-18-19-15(24-9)21-7-5-20(6-8-21)14(22)12-10(16)3-4-11(17)13(12)23-2/h3-4H,5-8H2,1-2H3. The maximum Gasteiger partial charge on any atom is 0.259 e. The van der Waals surface area contributed by atoms with Crippen LogP contribution in [-0.4, -0.2) is 54.3 Å². The highest BCUT2D eigenvalue weighted by Gasteiger charge is 2.28. The number of ether oxygens (including phenoxy) is 1. The second-order valence-electron chi connectivity index (χ2n) is 5.32. The van der Waals surface area contributed by atoms with Gasteiger partial charge in [0.05, 0.1) is 17.2 Å². The Morgan fingerprint density at radius 1 is 1.17 bits per heavy atom. The minimum Gasteiger partial charge on any atom is -0.494 e. The van der Waals surface area contributed by atoms with Crippen molar-refractivity contribution < 1.29 is 9.53 Å². The Morgan fingerprint density at radius 3 is 2.42 bits per heavy atom. The van der Waals surface area contributed by atoms with E-state index in [0.717, 1.165) is 10.1 Å². The van der Waals surface area contributed by atoms with Crippen LogP contribution in [0.3, 0.4) is 0 Å². The first kappa shape index (κ1) is 17.3. The molecule has 0 spiro atoms. The van der Waals surface area contributed by atoms with E-state index in [1.165, 1.54) is 7.11 Å². The first-order chi connectivity index (χ1) is 11.5. The molecule has 0 unspecified atom stereocenters. The minimum atomic E-state index is -0.174. The van der Waals surface area contributed by atoms with Gasteiger partial charge in [-0.2, -0.15) is 0 Å². The molecule has 0 saturated carbocycles. The van der Waals surface area contributed by atoms with Crippen LogP contribution in [0.15, 0.2) is 12.1 Å². The summed E-state index contributed by atoms with van der Waals surface area (Å²) in [6, 6.07) is 3.23. The van der Waals surface area contributed by atoms with Crippen LogP contribution in [0.2, 0.25) is 10.0 Å². The van der Waals surface area contributed by atoms with Gasteiger partial charge in [0.15, 0.2) is 5.75 Å². The smallest absolute Gasteiger partial charge is 0.259 e. The van der Waals surface area contributed by atoms with Gasteiger partial charge in [0, 0.05) is 26.2 Å². The van der Waals surface area contributed by atoms with E-state index >= 15 is 0 Å². The van der Waals surface area contributed by atoms with Crippen LogP contribution >= 0.6 is 34.5 Å². The average molecular weight is 387 g/mol. The monoisotopic (exact) mass is 386 g/mol. The van der Waals surface area contributed by atoms with Crippen molar-refractivity contribution in [2.24, 2.45) is 0 Å². The second kappa shape index (κ2) is 7.13. The molecule has 0 atom stereocenters. The lowest BCUT2D eigenvalue weighted by Crippen LogP contribution is -2.49. The number of aryl methyl sites for hydroxylation is 1. The zero-order chi connectivity index (χ0) is 17.3. The van der Waals surface area contributed by atoms with Gasteiger partial charge in [-0.05, 0) is 19.1 Å². The first-order valence-electron chi connectivity index (χ1n) is 7.37. The van der Waals surface area contributed by atoms with Crippen molar-refractivity contribution >= 4 is 45.6 Å². The molecule has 0 radical (unpaired) electrons. The summed E-state index contributed by atoms with van der Waals surface area (Å²) in [5, 5.41) is 10.7. The Bertz CT molecular complexity index is 760. The highest BCUT2D eigenvalue weighted by molar-refractivity contribution is 7.15. The molecule has 1 aromatic carbocycles. The molecule has 0 N–H and O–H groups in total. The highest BCUT2D eigenvalue weighted by atomic mass is 35.5. The molecule has 128 valence electrons. The number of methoxy groups -OCH3 is 1. The Labute approximate surface area is 153 Å². The number of piperazine rings is 1. The van der Waals surface area contributed by atoms with Crippen molar-refractivity contribution in [3.05, 3.63) is 32.7 Å². The zero-order valence-electron chi connectivity index (χ0n) is 13.3. The maximum atomic E-state index is 12.9. The Hall–Kier alpha value is -1.57. The minimum absolute atomic E-state index is 0.174. The molecule has 1 saturated heterocycles. The lowest BCUT2D eigenvalue weighted by molar-refractivity contribution is 0.0743. The molecule has 1 aliphatic heterocycles. The Morgan fingerprint density at radius 2 is 1.83 bits per heavy atom. The molecule has 2 heterocycles. The molecule has 1 fully saturated rings. The van der Waals surface area contributed by atoms with Crippen molar-refractivity contribution in [3.8, 4) is 5.75 Å². The Balaban J connectivity index is 1.75. The number of amides is 1. The number of hydrogen-bond acceptors (Lipinski definition) is 6. The molecule has 1 amide bonds. The average Bonchev–Trinajstić information content (AvgIpc) is 3.02. The van der Waals surface area contributed by atoms with Gasteiger partial charge in [0.25, 0.3) is 5.91 Å². The van der Waals surface area contributed by atoms with E-state index in [9.17, 15) is 4.79 Å². The second-order valence-corrected chi connectivity index (χ2v) is 7.29. The topological polar surface area (TPSA) is 58.6 Å². The maximum absolute atomic E-state index is 12.9. The first-order valence-corrected chi connectivity index (χ1v) is 8.95. The quantitative estimate of drug-likeness (QED) is 0.810. The number of rotatable bonds is 3. The van der Waals surface area contributed by atoms with Crippen LogP contribution in [0.5, 0.6) is 5.75 Å². The van der Waals surface area contributed by atoms with Crippen LogP contribution in [0.25, 0.3) is 0 Å². The fourth-order valence-corrected chi connectivity index (χ4v) is 3.81. The summed E-state index contributed by atoms with van der Waals surface area (Å²) in [5.74, 6) is 0.142. The van der Waals surface area contributed by atoms with Gasteiger partial charge >= 0.3 is 0 Å². The van der Waals surface area contributed by atoms with Gasteiger partial charge in [-0.3, -0.25) is 4.79 Å². The number of aromatic nitrogens is 2. The van der Waals surface area contributed by atoms with E-state index in [2.05, 4.69) is 15.1 Å². The summed E-state index contributed by atoms with van der Waals surface area (Å²) < 4.78 is 5.27. The molecule has 6 nitrogen and oxygen atoms in total. The molecular formula is C15H16Cl2N4O2S. The molecule has 2 aromatic rings. The summed E-state index contributed by atoms with van der Waals surface area (Å²) in [6.07, 6.45) is 0. The summed E-state index contributed by atoms with van der Waals surface area (Å²) in [7, 11) is 1.48. The lowest BCUT2D eigenvalue weighted by Gasteiger charge is -2.34. The van der Waals surface area contributed by atoms with Crippen LogP contribution in [0.1, 0.15) is 15.4 Å². The molecule has 3 rings (SSSR count). The summed E-state index contributed by atoms with van der Waals surface area (Å²) in [4.78, 5) is 16.7. The molecule has 1 aromatic heterocycles. The van der Waals surface area contributed by atoms with E-state index in [1.807, 2.05) is 6.92 Å². The highest BCUT2D eigenvalue weighted by Crippen LogP contribution is 2.35. The van der Waals surface area contributed by atoms with Crippen molar-refractivity contribution in [2.45, 2.75) is 6.92 Å². The van der Waals surface area contributed by atoms with Gasteiger partial charge in [-0.25, -0.2) is 0 Å². The predicted molar refractivity (Wildman–Crippen MR) is 95.8 cm³/mol.